The van der Waals surface area contributed by atoms with E-state index in [1.165, 1.54) is 0 Å². The van der Waals surface area contributed by atoms with Crippen molar-refractivity contribution in [1.29, 1.82) is 0 Å². The molecule has 70 valence electrons. The first-order valence-electron chi connectivity index (χ1n) is 3.23. The van der Waals surface area contributed by atoms with Crippen LogP contribution in [0.1, 0.15) is 10.4 Å². The Labute approximate surface area is 76.4 Å². The molecular formula is C9H11NO3. The molecule has 4 heteroatoms. The Morgan fingerprint density at radius 2 is 1.38 bits per heavy atom. The highest BCUT2D eigenvalue weighted by Gasteiger charge is 1.93. The van der Waals surface area contributed by atoms with E-state index < -0.39 is 0 Å². The summed E-state index contributed by atoms with van der Waals surface area (Å²) in [6, 6.07) is 8.76. The molecule has 2 N–H and O–H groups in total. The molecule has 13 heavy (non-hydrogen) atoms. The first kappa shape index (κ1) is 13.6. The van der Waals surface area contributed by atoms with E-state index in [4.69, 9.17) is 15.3 Å². The normalized spacial score (nSPS) is 6.77. The topological polar surface area (TPSA) is 77.2 Å². The van der Waals surface area contributed by atoms with Gasteiger partial charge in [0, 0.05) is 5.56 Å². The minimum Gasteiger partial charge on any atom is -0.366 e. The van der Waals surface area contributed by atoms with Crippen molar-refractivity contribution in [2.45, 2.75) is 0 Å². The minimum absolute atomic E-state index is 0.379. The molecule has 0 fully saturated rings. The lowest BCUT2D eigenvalue weighted by Gasteiger charge is -1.89. The molecule has 0 aliphatic heterocycles. The lowest BCUT2D eigenvalue weighted by atomic mass is 10.2. The maximum Gasteiger partial charge on any atom is 0.248 e. The molecule has 1 amide bonds. The van der Waals surface area contributed by atoms with Crippen LogP contribution >= 0.6 is 0 Å². The van der Waals surface area contributed by atoms with Gasteiger partial charge in [0.2, 0.25) is 5.91 Å². The quantitative estimate of drug-likeness (QED) is 0.681. The van der Waals surface area contributed by atoms with Crippen LogP contribution in [-0.2, 0) is 9.59 Å². The summed E-state index contributed by atoms with van der Waals surface area (Å²) in [5.74, 6) is -0.379. The van der Waals surface area contributed by atoms with Crippen LogP contribution in [0.5, 0.6) is 0 Å². The van der Waals surface area contributed by atoms with E-state index in [-0.39, 0.29) is 5.91 Å². The third kappa shape index (κ3) is 6.43. The molecule has 0 saturated heterocycles. The molecule has 0 saturated carbocycles. The molecule has 0 aromatic heterocycles. The fraction of sp³-hybridized carbons (Fsp3) is 0. The van der Waals surface area contributed by atoms with Crippen LogP contribution in [-0.4, -0.2) is 19.5 Å². The Hall–Kier alpha value is -1.97. The number of amides is 1. The van der Waals surface area contributed by atoms with Crippen LogP contribution in [0.2, 0.25) is 0 Å². The zero-order valence-electron chi connectivity index (χ0n) is 7.10. The van der Waals surface area contributed by atoms with Gasteiger partial charge in [0.25, 0.3) is 0 Å². The Morgan fingerprint density at radius 3 is 1.62 bits per heavy atom. The zero-order chi connectivity index (χ0) is 10.7. The third-order valence-electron chi connectivity index (χ3n) is 1.06. The number of primary amides is 1. The predicted octanol–water partition coefficient (Wildman–Crippen LogP) is 0.416. The number of carbonyl (C=O) groups excluding carboxylic acids is 3. The first-order valence-corrected chi connectivity index (χ1v) is 3.23. The van der Waals surface area contributed by atoms with Crippen molar-refractivity contribution in [2.24, 2.45) is 5.73 Å². The molecule has 0 bridgehead atoms. The van der Waals surface area contributed by atoms with Gasteiger partial charge in [0.05, 0.1) is 0 Å². The van der Waals surface area contributed by atoms with Gasteiger partial charge in [-0.15, -0.1) is 0 Å². The highest BCUT2D eigenvalue weighted by Crippen LogP contribution is 1.94. The Bertz CT molecular complexity index is 234. The first-order chi connectivity index (χ1) is 6.30. The molecule has 0 unspecified atom stereocenters. The van der Waals surface area contributed by atoms with Crippen LogP contribution in [0, 0.1) is 0 Å². The second-order valence-corrected chi connectivity index (χ2v) is 1.73. The summed E-state index contributed by atoms with van der Waals surface area (Å²) in [4.78, 5) is 26.4. The van der Waals surface area contributed by atoms with E-state index >= 15 is 0 Å². The number of hydrogen-bond donors (Lipinski definition) is 1. The molecule has 0 atom stereocenters. The van der Waals surface area contributed by atoms with Gasteiger partial charge in [-0.3, -0.25) is 4.79 Å². The van der Waals surface area contributed by atoms with Crippen LogP contribution < -0.4 is 5.73 Å². The van der Waals surface area contributed by atoms with E-state index in [0.29, 0.717) is 5.56 Å². The number of rotatable bonds is 1. The van der Waals surface area contributed by atoms with Gasteiger partial charge in [0.15, 0.2) is 0 Å². The van der Waals surface area contributed by atoms with E-state index in [9.17, 15) is 4.79 Å². The Balaban J connectivity index is 0. The van der Waals surface area contributed by atoms with E-state index in [1.807, 2.05) is 19.6 Å². The summed E-state index contributed by atoms with van der Waals surface area (Å²) >= 11 is 0. The second kappa shape index (κ2) is 10.0. The van der Waals surface area contributed by atoms with Crippen LogP contribution in [0.3, 0.4) is 0 Å². The fourth-order valence-corrected chi connectivity index (χ4v) is 0.602. The fourth-order valence-electron chi connectivity index (χ4n) is 0.602. The van der Waals surface area contributed by atoms with Crippen LogP contribution in [0.25, 0.3) is 0 Å². The third-order valence-corrected chi connectivity index (χ3v) is 1.06. The van der Waals surface area contributed by atoms with Gasteiger partial charge >= 0.3 is 0 Å². The minimum atomic E-state index is -0.379. The molecule has 0 heterocycles. The SMILES string of the molecule is C=O.C=O.NC(=O)c1ccccc1. The lowest BCUT2D eigenvalue weighted by Crippen LogP contribution is -2.09. The van der Waals surface area contributed by atoms with Gasteiger partial charge in [-0.1, -0.05) is 18.2 Å². The zero-order valence-corrected chi connectivity index (χ0v) is 7.10. The van der Waals surface area contributed by atoms with Gasteiger partial charge < -0.3 is 15.3 Å². The van der Waals surface area contributed by atoms with Crippen molar-refractivity contribution in [3.8, 4) is 0 Å². The molecule has 1 aromatic rings. The monoisotopic (exact) mass is 181 g/mol. The van der Waals surface area contributed by atoms with Crippen molar-refractivity contribution in [1.82, 2.24) is 0 Å². The summed E-state index contributed by atoms with van der Waals surface area (Å²) in [6.07, 6.45) is 0. The van der Waals surface area contributed by atoms with Crippen molar-refractivity contribution in [3.63, 3.8) is 0 Å². The van der Waals surface area contributed by atoms with Crippen LogP contribution in [0.15, 0.2) is 30.3 Å². The molecule has 1 aromatic carbocycles. The summed E-state index contributed by atoms with van der Waals surface area (Å²) in [5, 5.41) is 0. The number of carbonyl (C=O) groups is 3. The average Bonchev–Trinajstić information content (AvgIpc) is 2.25. The summed E-state index contributed by atoms with van der Waals surface area (Å²) < 4.78 is 0. The number of nitrogens with two attached hydrogens (primary N) is 1. The summed E-state index contributed by atoms with van der Waals surface area (Å²) in [6.45, 7) is 4.00. The highest BCUT2D eigenvalue weighted by molar-refractivity contribution is 5.92. The van der Waals surface area contributed by atoms with Crippen molar-refractivity contribution < 1.29 is 14.4 Å². The van der Waals surface area contributed by atoms with Gasteiger partial charge in [-0.2, -0.15) is 0 Å². The average molecular weight is 181 g/mol. The molecule has 4 nitrogen and oxygen atoms in total. The summed E-state index contributed by atoms with van der Waals surface area (Å²) in [7, 11) is 0. The number of benzene rings is 1. The smallest absolute Gasteiger partial charge is 0.248 e. The van der Waals surface area contributed by atoms with Crippen LogP contribution in [0.4, 0.5) is 0 Å². The molecule has 0 aliphatic carbocycles. The molecular weight excluding hydrogens is 170 g/mol. The molecule has 1 rings (SSSR count). The maximum absolute atomic E-state index is 10.4. The lowest BCUT2D eigenvalue weighted by molar-refractivity contribution is -0.0987. The predicted molar refractivity (Wildman–Crippen MR) is 49.2 cm³/mol. The number of hydrogen-bond acceptors (Lipinski definition) is 3. The highest BCUT2D eigenvalue weighted by atomic mass is 16.1. The Morgan fingerprint density at radius 1 is 1.00 bits per heavy atom. The standard InChI is InChI=1S/C7H7NO.2CH2O/c8-7(9)6-4-2-1-3-5-6;2*1-2/h1-5H,(H2,8,9);2*1H2. The van der Waals surface area contributed by atoms with Gasteiger partial charge in [-0.25, -0.2) is 0 Å². The summed E-state index contributed by atoms with van der Waals surface area (Å²) in [5.41, 5.74) is 5.53. The molecule has 0 spiro atoms. The van der Waals surface area contributed by atoms with E-state index in [0.717, 1.165) is 0 Å². The van der Waals surface area contributed by atoms with Crippen molar-refractivity contribution >= 4 is 19.5 Å². The second-order valence-electron chi connectivity index (χ2n) is 1.73. The maximum atomic E-state index is 10.4. The molecule has 0 radical (unpaired) electrons. The van der Waals surface area contributed by atoms with Gasteiger partial charge in [-0.05, 0) is 12.1 Å². The van der Waals surface area contributed by atoms with Gasteiger partial charge in [0.1, 0.15) is 13.6 Å². The van der Waals surface area contributed by atoms with Crippen molar-refractivity contribution in [3.05, 3.63) is 35.9 Å². The Kier molecular flexibility index (Phi) is 10.5. The van der Waals surface area contributed by atoms with E-state index in [1.54, 1.807) is 24.3 Å². The van der Waals surface area contributed by atoms with Crippen molar-refractivity contribution in [2.75, 3.05) is 0 Å². The molecule has 0 aliphatic rings. The van der Waals surface area contributed by atoms with E-state index in [2.05, 4.69) is 0 Å². The largest absolute Gasteiger partial charge is 0.366 e.